The highest BCUT2D eigenvalue weighted by atomic mass is 14.1. The van der Waals surface area contributed by atoms with Crippen LogP contribution in [0.3, 0.4) is 0 Å². The van der Waals surface area contributed by atoms with Crippen LogP contribution in [0.4, 0.5) is 0 Å². The highest BCUT2D eigenvalue weighted by Gasteiger charge is 2.04. The van der Waals surface area contributed by atoms with Crippen molar-refractivity contribution in [2.45, 2.75) is 51.9 Å². The second kappa shape index (κ2) is 4.54. The minimum absolute atomic E-state index is 1.33. The van der Waals surface area contributed by atoms with Gasteiger partial charge in [0, 0.05) is 0 Å². The molecule has 0 N–H and O–H groups in total. The van der Waals surface area contributed by atoms with Crippen LogP contribution in [0, 0.1) is 0 Å². The van der Waals surface area contributed by atoms with Crippen LogP contribution in [0.15, 0.2) is 11.6 Å². The number of allylic oxidation sites excluding steroid dienone is 2. The molecule has 1 aliphatic rings. The molecule has 0 unspecified atom stereocenters. The van der Waals surface area contributed by atoms with Crippen molar-refractivity contribution in [2.24, 2.45) is 0 Å². The zero-order chi connectivity index (χ0) is 7.23. The standard InChI is InChI=1S/C10H18/c1-2-3-4-5-6-7-10-8-9-10/h8H,2-7,9H2,1H3. The summed E-state index contributed by atoms with van der Waals surface area (Å²) in [7, 11) is 0. The number of hydrogen-bond donors (Lipinski definition) is 0. The molecule has 10 heavy (non-hydrogen) atoms. The van der Waals surface area contributed by atoms with E-state index in [1.54, 1.807) is 5.57 Å². The summed E-state index contributed by atoms with van der Waals surface area (Å²) in [6.07, 6.45) is 12.2. The second-order valence-electron chi connectivity index (χ2n) is 3.23. The molecular formula is C10H18. The Bertz CT molecular complexity index is 111. The average Bonchev–Trinajstić information content (AvgIpc) is 2.71. The fourth-order valence-corrected chi connectivity index (χ4v) is 1.23. The van der Waals surface area contributed by atoms with Crippen LogP contribution >= 0.6 is 0 Å². The third-order valence-electron chi connectivity index (χ3n) is 2.09. The molecule has 0 radical (unpaired) electrons. The van der Waals surface area contributed by atoms with Gasteiger partial charge < -0.3 is 0 Å². The number of rotatable bonds is 6. The molecule has 1 rings (SSSR count). The smallest absolute Gasteiger partial charge is 0.0136 e. The van der Waals surface area contributed by atoms with Crippen molar-refractivity contribution in [3.63, 3.8) is 0 Å². The van der Waals surface area contributed by atoms with E-state index in [1.165, 1.54) is 44.9 Å². The summed E-state index contributed by atoms with van der Waals surface area (Å²) >= 11 is 0. The zero-order valence-electron chi connectivity index (χ0n) is 7.03. The molecule has 0 aromatic rings. The van der Waals surface area contributed by atoms with E-state index in [9.17, 15) is 0 Å². The molecular weight excluding hydrogens is 120 g/mol. The van der Waals surface area contributed by atoms with Crippen LogP contribution in [-0.2, 0) is 0 Å². The summed E-state index contributed by atoms with van der Waals surface area (Å²) in [5.41, 5.74) is 1.71. The first-order valence-electron chi connectivity index (χ1n) is 4.61. The predicted octanol–water partition coefficient (Wildman–Crippen LogP) is 3.68. The normalized spacial score (nSPS) is 15.1. The van der Waals surface area contributed by atoms with Crippen molar-refractivity contribution in [2.75, 3.05) is 0 Å². The highest BCUT2D eigenvalue weighted by molar-refractivity contribution is 5.21. The van der Waals surface area contributed by atoms with E-state index in [2.05, 4.69) is 13.0 Å². The van der Waals surface area contributed by atoms with E-state index in [4.69, 9.17) is 0 Å². The maximum atomic E-state index is 2.35. The van der Waals surface area contributed by atoms with Gasteiger partial charge >= 0.3 is 0 Å². The first kappa shape index (κ1) is 7.84. The third-order valence-corrected chi connectivity index (χ3v) is 2.09. The monoisotopic (exact) mass is 138 g/mol. The first-order valence-corrected chi connectivity index (χ1v) is 4.61. The zero-order valence-corrected chi connectivity index (χ0v) is 7.03. The molecule has 0 amide bonds. The summed E-state index contributed by atoms with van der Waals surface area (Å²) < 4.78 is 0. The average molecular weight is 138 g/mol. The van der Waals surface area contributed by atoms with E-state index >= 15 is 0 Å². The quantitative estimate of drug-likeness (QED) is 0.388. The maximum absolute atomic E-state index is 2.35. The molecule has 0 heteroatoms. The lowest BCUT2D eigenvalue weighted by Crippen LogP contribution is -1.76. The van der Waals surface area contributed by atoms with Crippen molar-refractivity contribution in [3.05, 3.63) is 11.6 Å². The Morgan fingerprint density at radius 2 is 1.90 bits per heavy atom. The van der Waals surface area contributed by atoms with Gasteiger partial charge in [0.05, 0.1) is 0 Å². The van der Waals surface area contributed by atoms with Gasteiger partial charge in [-0.15, -0.1) is 0 Å². The summed E-state index contributed by atoms with van der Waals surface area (Å²) in [6.45, 7) is 2.27. The van der Waals surface area contributed by atoms with E-state index in [1.807, 2.05) is 0 Å². The minimum atomic E-state index is 1.33. The number of unbranched alkanes of at least 4 members (excludes halogenated alkanes) is 4. The Morgan fingerprint density at radius 1 is 1.20 bits per heavy atom. The van der Waals surface area contributed by atoms with E-state index in [0.29, 0.717) is 0 Å². The van der Waals surface area contributed by atoms with Crippen molar-refractivity contribution < 1.29 is 0 Å². The van der Waals surface area contributed by atoms with Crippen LogP contribution in [0.25, 0.3) is 0 Å². The molecule has 0 aromatic heterocycles. The van der Waals surface area contributed by atoms with E-state index < -0.39 is 0 Å². The summed E-state index contributed by atoms with van der Waals surface area (Å²) in [4.78, 5) is 0. The third kappa shape index (κ3) is 3.71. The fourth-order valence-electron chi connectivity index (χ4n) is 1.23. The van der Waals surface area contributed by atoms with Crippen molar-refractivity contribution in [1.82, 2.24) is 0 Å². The van der Waals surface area contributed by atoms with Gasteiger partial charge in [-0.2, -0.15) is 0 Å². The van der Waals surface area contributed by atoms with Gasteiger partial charge in [-0.25, -0.2) is 0 Å². The molecule has 0 saturated carbocycles. The lowest BCUT2D eigenvalue weighted by molar-refractivity contribution is 0.633. The van der Waals surface area contributed by atoms with Gasteiger partial charge in [-0.05, 0) is 19.3 Å². The van der Waals surface area contributed by atoms with Gasteiger partial charge in [0.15, 0.2) is 0 Å². The van der Waals surface area contributed by atoms with Crippen molar-refractivity contribution in [1.29, 1.82) is 0 Å². The lowest BCUT2D eigenvalue weighted by Gasteiger charge is -1.95. The Labute approximate surface area is 64.3 Å². The molecule has 0 saturated heterocycles. The molecule has 0 fully saturated rings. The van der Waals surface area contributed by atoms with E-state index in [-0.39, 0.29) is 0 Å². The van der Waals surface area contributed by atoms with Crippen molar-refractivity contribution in [3.8, 4) is 0 Å². The summed E-state index contributed by atoms with van der Waals surface area (Å²) in [5, 5.41) is 0. The molecule has 1 aliphatic carbocycles. The first-order chi connectivity index (χ1) is 4.93. The highest BCUT2D eigenvalue weighted by Crippen LogP contribution is 2.24. The van der Waals surface area contributed by atoms with Crippen LogP contribution in [0.2, 0.25) is 0 Å². The van der Waals surface area contributed by atoms with E-state index in [0.717, 1.165) is 0 Å². The molecule has 58 valence electrons. The Hall–Kier alpha value is -0.260. The minimum Gasteiger partial charge on any atom is -0.0810 e. The topological polar surface area (TPSA) is 0 Å². The van der Waals surface area contributed by atoms with Gasteiger partial charge in [-0.1, -0.05) is 44.3 Å². The van der Waals surface area contributed by atoms with Gasteiger partial charge in [-0.3, -0.25) is 0 Å². The largest absolute Gasteiger partial charge is 0.0810 e. The SMILES string of the molecule is CCCCCCCC1=CC1. The molecule has 0 nitrogen and oxygen atoms in total. The Morgan fingerprint density at radius 3 is 2.50 bits per heavy atom. The van der Waals surface area contributed by atoms with Crippen LogP contribution < -0.4 is 0 Å². The lowest BCUT2D eigenvalue weighted by atomic mass is 10.1. The number of hydrogen-bond acceptors (Lipinski definition) is 0. The Kier molecular flexibility index (Phi) is 3.56. The molecule has 0 atom stereocenters. The molecule has 0 bridgehead atoms. The van der Waals surface area contributed by atoms with Crippen LogP contribution in [0.1, 0.15) is 51.9 Å². The van der Waals surface area contributed by atoms with Gasteiger partial charge in [0.25, 0.3) is 0 Å². The molecule has 0 heterocycles. The van der Waals surface area contributed by atoms with Crippen LogP contribution in [0.5, 0.6) is 0 Å². The van der Waals surface area contributed by atoms with Gasteiger partial charge in [0.1, 0.15) is 0 Å². The predicted molar refractivity (Wildman–Crippen MR) is 46.1 cm³/mol. The Balaban J connectivity index is 1.72. The maximum Gasteiger partial charge on any atom is -0.0136 e. The van der Waals surface area contributed by atoms with Crippen molar-refractivity contribution >= 4 is 0 Å². The summed E-state index contributed by atoms with van der Waals surface area (Å²) in [5.74, 6) is 0. The molecule has 0 aromatic carbocycles. The second-order valence-corrected chi connectivity index (χ2v) is 3.23. The van der Waals surface area contributed by atoms with Gasteiger partial charge in [0.2, 0.25) is 0 Å². The molecule has 0 aliphatic heterocycles. The summed E-state index contributed by atoms with van der Waals surface area (Å²) in [6, 6.07) is 0. The van der Waals surface area contributed by atoms with Crippen LogP contribution in [-0.4, -0.2) is 0 Å². The molecule has 0 spiro atoms. The fraction of sp³-hybridized carbons (Fsp3) is 0.800.